The minimum atomic E-state index is 0.319. The molecule has 1 atom stereocenters. The highest BCUT2D eigenvalue weighted by Crippen LogP contribution is 2.24. The largest absolute Gasteiger partial charge is 0.344 e. The molecular formula is C16H30N2O. The molecule has 1 aliphatic heterocycles. The summed E-state index contributed by atoms with van der Waals surface area (Å²) < 4.78 is 0. The third-order valence-corrected chi connectivity index (χ3v) is 4.78. The second-order valence-electron chi connectivity index (χ2n) is 6.76. The van der Waals surface area contributed by atoms with Crippen LogP contribution in [0.2, 0.25) is 0 Å². The van der Waals surface area contributed by atoms with Crippen molar-refractivity contribution in [1.29, 1.82) is 0 Å². The fourth-order valence-corrected chi connectivity index (χ4v) is 3.60. The molecule has 1 unspecified atom stereocenters. The lowest BCUT2D eigenvalue weighted by molar-refractivity contribution is -0.132. The van der Waals surface area contributed by atoms with Crippen molar-refractivity contribution in [1.82, 2.24) is 9.80 Å². The SMILES string of the molecule is CC1CCCN(CC(=O)N(C)CC2CCCCC2)C1. The second-order valence-corrected chi connectivity index (χ2v) is 6.76. The zero-order chi connectivity index (χ0) is 13.7. The van der Waals surface area contributed by atoms with Gasteiger partial charge in [-0.2, -0.15) is 0 Å². The molecule has 3 heteroatoms. The van der Waals surface area contributed by atoms with E-state index in [0.29, 0.717) is 12.5 Å². The molecule has 2 rings (SSSR count). The fourth-order valence-electron chi connectivity index (χ4n) is 3.60. The summed E-state index contributed by atoms with van der Waals surface area (Å²) in [5, 5.41) is 0. The molecule has 0 spiro atoms. The lowest BCUT2D eigenvalue weighted by Crippen LogP contribution is -2.43. The number of carbonyl (C=O) groups excluding carboxylic acids is 1. The van der Waals surface area contributed by atoms with Crippen LogP contribution in [0.1, 0.15) is 51.9 Å². The molecule has 2 aliphatic rings. The number of likely N-dealkylation sites (N-methyl/N-ethyl adjacent to an activating group) is 1. The third-order valence-electron chi connectivity index (χ3n) is 4.78. The number of amides is 1. The zero-order valence-electron chi connectivity index (χ0n) is 12.7. The van der Waals surface area contributed by atoms with E-state index in [-0.39, 0.29) is 0 Å². The van der Waals surface area contributed by atoms with Gasteiger partial charge < -0.3 is 4.90 Å². The minimum absolute atomic E-state index is 0.319. The van der Waals surface area contributed by atoms with Crippen LogP contribution in [0.3, 0.4) is 0 Å². The maximum absolute atomic E-state index is 12.3. The molecule has 19 heavy (non-hydrogen) atoms. The van der Waals surface area contributed by atoms with Gasteiger partial charge in [0.25, 0.3) is 0 Å². The molecule has 0 aromatic rings. The topological polar surface area (TPSA) is 23.6 Å². The van der Waals surface area contributed by atoms with E-state index in [1.807, 2.05) is 11.9 Å². The second kappa shape index (κ2) is 7.28. The van der Waals surface area contributed by atoms with E-state index in [2.05, 4.69) is 11.8 Å². The normalized spacial score (nSPS) is 26.3. The lowest BCUT2D eigenvalue weighted by Gasteiger charge is -2.32. The summed E-state index contributed by atoms with van der Waals surface area (Å²) in [5.41, 5.74) is 0. The molecule has 3 nitrogen and oxygen atoms in total. The quantitative estimate of drug-likeness (QED) is 0.781. The summed E-state index contributed by atoms with van der Waals surface area (Å²) >= 11 is 0. The fraction of sp³-hybridized carbons (Fsp3) is 0.938. The number of likely N-dealkylation sites (tertiary alicyclic amines) is 1. The van der Waals surface area contributed by atoms with Gasteiger partial charge in [-0.25, -0.2) is 0 Å². The number of hydrogen-bond acceptors (Lipinski definition) is 2. The highest BCUT2D eigenvalue weighted by Gasteiger charge is 2.22. The van der Waals surface area contributed by atoms with Crippen LogP contribution in [0.5, 0.6) is 0 Å². The third kappa shape index (κ3) is 4.79. The lowest BCUT2D eigenvalue weighted by atomic mass is 9.89. The van der Waals surface area contributed by atoms with Crippen molar-refractivity contribution < 1.29 is 4.79 Å². The molecule has 1 heterocycles. The smallest absolute Gasteiger partial charge is 0.236 e. The Labute approximate surface area is 118 Å². The Morgan fingerprint density at radius 2 is 1.89 bits per heavy atom. The standard InChI is InChI=1S/C16H30N2O/c1-14-7-6-10-18(11-14)13-16(19)17(2)12-15-8-4-3-5-9-15/h14-15H,3-13H2,1-2H3. The molecule has 0 bridgehead atoms. The Hall–Kier alpha value is -0.570. The first-order valence-corrected chi connectivity index (χ1v) is 8.11. The zero-order valence-corrected chi connectivity index (χ0v) is 12.7. The molecule has 1 aliphatic carbocycles. The van der Waals surface area contributed by atoms with Crippen LogP contribution < -0.4 is 0 Å². The van der Waals surface area contributed by atoms with Crippen molar-refractivity contribution in [2.75, 3.05) is 33.2 Å². The molecule has 0 radical (unpaired) electrons. The monoisotopic (exact) mass is 266 g/mol. The summed E-state index contributed by atoms with van der Waals surface area (Å²) in [5.74, 6) is 1.83. The van der Waals surface area contributed by atoms with E-state index in [1.165, 1.54) is 44.9 Å². The summed E-state index contributed by atoms with van der Waals surface area (Å²) in [6.07, 6.45) is 9.31. The van der Waals surface area contributed by atoms with Crippen LogP contribution in [0.25, 0.3) is 0 Å². The Balaban J connectivity index is 1.72. The molecule has 110 valence electrons. The number of piperidine rings is 1. The molecule has 0 N–H and O–H groups in total. The van der Waals surface area contributed by atoms with Gasteiger partial charge in [0.15, 0.2) is 0 Å². The molecule has 0 aromatic carbocycles. The van der Waals surface area contributed by atoms with Crippen molar-refractivity contribution in [3.05, 3.63) is 0 Å². The van der Waals surface area contributed by atoms with Gasteiger partial charge in [-0.1, -0.05) is 26.2 Å². The molecular weight excluding hydrogens is 236 g/mol. The number of carbonyl (C=O) groups is 1. The van der Waals surface area contributed by atoms with Gasteiger partial charge in [-0.15, -0.1) is 0 Å². The first-order valence-electron chi connectivity index (χ1n) is 8.11. The summed E-state index contributed by atoms with van der Waals surface area (Å²) in [7, 11) is 1.99. The first-order chi connectivity index (χ1) is 9.15. The number of nitrogens with zero attached hydrogens (tertiary/aromatic N) is 2. The van der Waals surface area contributed by atoms with Crippen LogP contribution in [-0.4, -0.2) is 48.9 Å². The summed E-state index contributed by atoms with van der Waals surface area (Å²) in [6.45, 7) is 6.11. The summed E-state index contributed by atoms with van der Waals surface area (Å²) in [6, 6.07) is 0. The van der Waals surface area contributed by atoms with Crippen molar-refractivity contribution >= 4 is 5.91 Å². The van der Waals surface area contributed by atoms with Gasteiger partial charge in [-0.05, 0) is 44.1 Å². The van der Waals surface area contributed by atoms with E-state index < -0.39 is 0 Å². The average Bonchev–Trinajstić information content (AvgIpc) is 2.40. The van der Waals surface area contributed by atoms with Gasteiger partial charge in [-0.3, -0.25) is 9.69 Å². The average molecular weight is 266 g/mol. The van der Waals surface area contributed by atoms with Crippen LogP contribution in [-0.2, 0) is 4.79 Å². The van der Waals surface area contributed by atoms with Crippen LogP contribution >= 0.6 is 0 Å². The van der Waals surface area contributed by atoms with E-state index in [1.54, 1.807) is 0 Å². The molecule has 2 fully saturated rings. The van der Waals surface area contributed by atoms with E-state index in [9.17, 15) is 4.79 Å². The van der Waals surface area contributed by atoms with Crippen molar-refractivity contribution in [3.63, 3.8) is 0 Å². The van der Waals surface area contributed by atoms with E-state index >= 15 is 0 Å². The van der Waals surface area contributed by atoms with Gasteiger partial charge in [0.2, 0.25) is 5.91 Å². The van der Waals surface area contributed by atoms with E-state index in [4.69, 9.17) is 0 Å². The maximum atomic E-state index is 12.3. The Morgan fingerprint density at radius 1 is 1.16 bits per heavy atom. The predicted octanol–water partition coefficient (Wildman–Crippen LogP) is 2.76. The molecule has 1 saturated carbocycles. The molecule has 1 saturated heterocycles. The molecule has 1 amide bonds. The Bertz CT molecular complexity index is 286. The van der Waals surface area contributed by atoms with Gasteiger partial charge in [0.1, 0.15) is 0 Å². The van der Waals surface area contributed by atoms with Gasteiger partial charge >= 0.3 is 0 Å². The number of hydrogen-bond donors (Lipinski definition) is 0. The molecule has 0 aromatic heterocycles. The van der Waals surface area contributed by atoms with Crippen LogP contribution in [0, 0.1) is 11.8 Å². The van der Waals surface area contributed by atoms with Crippen LogP contribution in [0.15, 0.2) is 0 Å². The first kappa shape index (κ1) is 14.8. The highest BCUT2D eigenvalue weighted by atomic mass is 16.2. The van der Waals surface area contributed by atoms with Crippen molar-refractivity contribution in [3.8, 4) is 0 Å². The maximum Gasteiger partial charge on any atom is 0.236 e. The Kier molecular flexibility index (Phi) is 5.68. The van der Waals surface area contributed by atoms with Gasteiger partial charge in [0.05, 0.1) is 6.54 Å². The number of rotatable bonds is 4. The van der Waals surface area contributed by atoms with Crippen molar-refractivity contribution in [2.45, 2.75) is 51.9 Å². The minimum Gasteiger partial charge on any atom is -0.344 e. The van der Waals surface area contributed by atoms with E-state index in [0.717, 1.165) is 31.5 Å². The Morgan fingerprint density at radius 3 is 2.58 bits per heavy atom. The predicted molar refractivity (Wildman–Crippen MR) is 79.1 cm³/mol. The van der Waals surface area contributed by atoms with Crippen molar-refractivity contribution in [2.24, 2.45) is 11.8 Å². The van der Waals surface area contributed by atoms with Gasteiger partial charge in [0, 0.05) is 20.1 Å². The highest BCUT2D eigenvalue weighted by molar-refractivity contribution is 5.78. The summed E-state index contributed by atoms with van der Waals surface area (Å²) in [4.78, 5) is 16.6. The van der Waals surface area contributed by atoms with Crippen LogP contribution in [0.4, 0.5) is 0 Å².